The minimum Gasteiger partial charge on any atom is -0.493 e. The molecule has 0 aromatic rings. The van der Waals surface area contributed by atoms with Crippen LogP contribution in [0.1, 0.15) is 13.3 Å². The van der Waals surface area contributed by atoms with E-state index < -0.39 is 0 Å². The van der Waals surface area contributed by atoms with Gasteiger partial charge in [-0.3, -0.25) is 0 Å². The van der Waals surface area contributed by atoms with Crippen LogP contribution in [-0.4, -0.2) is 31.0 Å². The smallest absolute Gasteiger partial charge is 0.122 e. The van der Waals surface area contributed by atoms with Gasteiger partial charge in [0, 0.05) is 5.92 Å². The Labute approximate surface area is 85.0 Å². The van der Waals surface area contributed by atoms with Crippen LogP contribution in [0.15, 0.2) is 24.5 Å². The average molecular weight is 198 g/mol. The molecule has 1 unspecified atom stereocenters. The first-order chi connectivity index (χ1) is 6.63. The molecule has 2 atom stereocenters. The van der Waals surface area contributed by atoms with Gasteiger partial charge in [0.25, 0.3) is 0 Å². The van der Waals surface area contributed by atoms with Crippen molar-refractivity contribution < 1.29 is 14.6 Å². The van der Waals surface area contributed by atoms with E-state index in [2.05, 4.69) is 13.2 Å². The van der Waals surface area contributed by atoms with Crippen LogP contribution in [0.3, 0.4) is 0 Å². The Hall–Kier alpha value is -0.800. The number of rotatable bonds is 5. The van der Waals surface area contributed by atoms with Crippen molar-refractivity contribution in [3.05, 3.63) is 24.5 Å². The zero-order valence-corrected chi connectivity index (χ0v) is 8.66. The highest BCUT2D eigenvalue weighted by molar-refractivity contribution is 4.99. The van der Waals surface area contributed by atoms with Crippen LogP contribution in [0, 0.1) is 5.92 Å². The molecule has 0 aliphatic carbocycles. The Morgan fingerprint density at radius 1 is 1.71 bits per heavy atom. The maximum atomic E-state index is 8.97. The largest absolute Gasteiger partial charge is 0.493 e. The van der Waals surface area contributed by atoms with E-state index in [-0.39, 0.29) is 18.6 Å². The molecule has 0 aromatic carbocycles. The fourth-order valence-corrected chi connectivity index (χ4v) is 1.45. The zero-order valence-electron chi connectivity index (χ0n) is 8.66. The normalized spacial score (nSPS) is 26.3. The Bertz CT molecular complexity index is 223. The van der Waals surface area contributed by atoms with Crippen LogP contribution in [-0.2, 0) is 9.47 Å². The summed E-state index contributed by atoms with van der Waals surface area (Å²) in [6, 6.07) is 0. The van der Waals surface area contributed by atoms with Gasteiger partial charge >= 0.3 is 0 Å². The molecule has 3 heteroatoms. The summed E-state index contributed by atoms with van der Waals surface area (Å²) in [5, 5.41) is 8.97. The summed E-state index contributed by atoms with van der Waals surface area (Å²) < 4.78 is 10.8. The Morgan fingerprint density at radius 3 is 2.93 bits per heavy atom. The topological polar surface area (TPSA) is 38.7 Å². The van der Waals surface area contributed by atoms with Crippen LogP contribution >= 0.6 is 0 Å². The second-order valence-corrected chi connectivity index (χ2v) is 3.79. The van der Waals surface area contributed by atoms with Gasteiger partial charge in [0.2, 0.25) is 0 Å². The highest BCUT2D eigenvalue weighted by atomic mass is 16.5. The summed E-state index contributed by atoms with van der Waals surface area (Å²) in [7, 11) is 0. The summed E-state index contributed by atoms with van der Waals surface area (Å²) in [4.78, 5) is 0. The van der Waals surface area contributed by atoms with Crippen LogP contribution in [0.2, 0.25) is 0 Å². The molecule has 0 radical (unpaired) electrons. The van der Waals surface area contributed by atoms with Gasteiger partial charge in [0.1, 0.15) is 6.10 Å². The van der Waals surface area contributed by atoms with Gasteiger partial charge in [0.05, 0.1) is 25.6 Å². The molecule has 3 nitrogen and oxygen atoms in total. The zero-order chi connectivity index (χ0) is 10.6. The molecule has 0 saturated carbocycles. The third-order valence-electron chi connectivity index (χ3n) is 2.19. The maximum Gasteiger partial charge on any atom is 0.122 e. The lowest BCUT2D eigenvalue weighted by Gasteiger charge is -2.10. The third kappa shape index (κ3) is 3.16. The highest BCUT2D eigenvalue weighted by Gasteiger charge is 2.28. The van der Waals surface area contributed by atoms with Gasteiger partial charge in [0.15, 0.2) is 0 Å². The number of hydrogen-bond acceptors (Lipinski definition) is 3. The van der Waals surface area contributed by atoms with Gasteiger partial charge in [-0.15, -0.1) is 0 Å². The second-order valence-electron chi connectivity index (χ2n) is 3.79. The second kappa shape index (κ2) is 5.17. The van der Waals surface area contributed by atoms with E-state index in [1.165, 1.54) is 0 Å². The first kappa shape index (κ1) is 11.3. The molecule has 1 N–H and O–H groups in total. The molecule has 0 aromatic heterocycles. The van der Waals surface area contributed by atoms with E-state index in [0.29, 0.717) is 19.0 Å². The van der Waals surface area contributed by atoms with Crippen LogP contribution in [0.25, 0.3) is 0 Å². The summed E-state index contributed by atoms with van der Waals surface area (Å²) in [5.74, 6) is 0.754. The van der Waals surface area contributed by atoms with Crippen LogP contribution in [0.5, 0.6) is 0 Å². The maximum absolute atomic E-state index is 8.97. The molecule has 80 valence electrons. The summed E-state index contributed by atoms with van der Waals surface area (Å²) >= 11 is 0. The Balaban J connectivity index is 2.21. The molecular weight excluding hydrogens is 180 g/mol. The van der Waals surface area contributed by atoms with Gasteiger partial charge in [-0.2, -0.15) is 0 Å². The van der Waals surface area contributed by atoms with Crippen molar-refractivity contribution in [2.75, 3.05) is 19.8 Å². The summed E-state index contributed by atoms with van der Waals surface area (Å²) in [6.07, 6.45) is 0.838. The summed E-state index contributed by atoms with van der Waals surface area (Å²) in [5.41, 5.74) is 1.00. The van der Waals surface area contributed by atoms with Crippen molar-refractivity contribution in [3.63, 3.8) is 0 Å². The van der Waals surface area contributed by atoms with E-state index in [9.17, 15) is 0 Å². The molecule has 1 heterocycles. The first-order valence-corrected chi connectivity index (χ1v) is 4.82. The third-order valence-corrected chi connectivity index (χ3v) is 2.19. The quantitative estimate of drug-likeness (QED) is 0.680. The molecule has 0 spiro atoms. The molecule has 0 amide bonds. The molecule has 1 saturated heterocycles. The van der Waals surface area contributed by atoms with E-state index in [1.54, 1.807) is 0 Å². The molecular formula is C11H18O3. The van der Waals surface area contributed by atoms with E-state index in [4.69, 9.17) is 14.6 Å². The monoisotopic (exact) mass is 198 g/mol. The average Bonchev–Trinajstić information content (AvgIpc) is 2.45. The standard InChI is InChI=1S/C11H18O3/c1-8(2)6-13-7-11-4-10(5-12)9(3)14-11/h10-12H,1,3-7H2,2H3/t10?,11-/m1/s1. The molecule has 1 aliphatic heterocycles. The van der Waals surface area contributed by atoms with Gasteiger partial charge in [-0.1, -0.05) is 18.7 Å². The SMILES string of the molecule is C=C(C)COC[C@H]1CC(CO)C(=C)O1. The predicted octanol–water partition coefficient (Wildman–Crippen LogP) is 1.49. The lowest BCUT2D eigenvalue weighted by atomic mass is 10.1. The minimum absolute atomic E-state index is 0.0407. The predicted molar refractivity (Wildman–Crippen MR) is 54.8 cm³/mol. The van der Waals surface area contributed by atoms with Crippen molar-refractivity contribution in [1.82, 2.24) is 0 Å². The van der Waals surface area contributed by atoms with Gasteiger partial charge in [-0.05, 0) is 13.3 Å². The minimum atomic E-state index is 0.0407. The van der Waals surface area contributed by atoms with E-state index in [1.807, 2.05) is 6.92 Å². The number of aliphatic hydroxyl groups excluding tert-OH is 1. The number of ether oxygens (including phenoxy) is 2. The molecule has 0 bridgehead atoms. The van der Waals surface area contributed by atoms with Crippen molar-refractivity contribution >= 4 is 0 Å². The van der Waals surface area contributed by atoms with E-state index in [0.717, 1.165) is 12.0 Å². The van der Waals surface area contributed by atoms with Crippen molar-refractivity contribution in [3.8, 4) is 0 Å². The lowest BCUT2D eigenvalue weighted by Crippen LogP contribution is -2.15. The Kier molecular flexibility index (Phi) is 4.17. The van der Waals surface area contributed by atoms with Gasteiger partial charge in [-0.25, -0.2) is 0 Å². The molecule has 1 aliphatic rings. The summed E-state index contributed by atoms with van der Waals surface area (Å²) in [6.45, 7) is 10.6. The fourth-order valence-electron chi connectivity index (χ4n) is 1.45. The van der Waals surface area contributed by atoms with Crippen LogP contribution in [0.4, 0.5) is 0 Å². The fraction of sp³-hybridized carbons (Fsp3) is 0.636. The first-order valence-electron chi connectivity index (χ1n) is 4.82. The van der Waals surface area contributed by atoms with Crippen molar-refractivity contribution in [2.24, 2.45) is 5.92 Å². The van der Waals surface area contributed by atoms with E-state index >= 15 is 0 Å². The van der Waals surface area contributed by atoms with Crippen molar-refractivity contribution in [1.29, 1.82) is 0 Å². The number of aliphatic hydroxyl groups is 1. The molecule has 1 rings (SSSR count). The Morgan fingerprint density at radius 2 is 2.43 bits per heavy atom. The van der Waals surface area contributed by atoms with Crippen LogP contribution < -0.4 is 0 Å². The highest BCUT2D eigenvalue weighted by Crippen LogP contribution is 2.28. The number of hydrogen-bond donors (Lipinski definition) is 1. The van der Waals surface area contributed by atoms with Gasteiger partial charge < -0.3 is 14.6 Å². The molecule has 1 fully saturated rings. The molecule has 14 heavy (non-hydrogen) atoms. The lowest BCUT2D eigenvalue weighted by molar-refractivity contribution is 0.0468. The van der Waals surface area contributed by atoms with Crippen molar-refractivity contribution in [2.45, 2.75) is 19.4 Å².